The summed E-state index contributed by atoms with van der Waals surface area (Å²) in [6.07, 6.45) is 5.21. The summed E-state index contributed by atoms with van der Waals surface area (Å²) in [5.74, 6) is 1.64. The third-order valence-electron chi connectivity index (χ3n) is 4.94. The first-order valence-electron chi connectivity index (χ1n) is 8.52. The largest absolute Gasteiger partial charge is 0.496 e. The fourth-order valence-corrected chi connectivity index (χ4v) is 3.96. The van der Waals surface area contributed by atoms with Crippen LogP contribution in [0.3, 0.4) is 0 Å². The molecule has 2 aliphatic rings. The molecule has 1 aromatic rings. The van der Waals surface area contributed by atoms with E-state index in [1.807, 2.05) is 23.1 Å². The van der Waals surface area contributed by atoms with E-state index in [2.05, 4.69) is 5.32 Å². The third-order valence-corrected chi connectivity index (χ3v) is 5.18. The molecular formula is C18H26Cl2N2O2. The molecule has 1 amide bonds. The van der Waals surface area contributed by atoms with Gasteiger partial charge in [-0.25, -0.2) is 0 Å². The number of hydrogen-bond acceptors (Lipinski definition) is 3. The van der Waals surface area contributed by atoms with Crippen LogP contribution in [0.1, 0.15) is 31.2 Å². The fraction of sp³-hybridized carbons (Fsp3) is 0.611. The number of ether oxygens (including phenoxy) is 1. The van der Waals surface area contributed by atoms with Gasteiger partial charge in [-0.15, -0.1) is 12.4 Å². The number of amides is 1. The van der Waals surface area contributed by atoms with Crippen molar-refractivity contribution in [3.05, 3.63) is 28.8 Å². The van der Waals surface area contributed by atoms with Gasteiger partial charge in [-0.1, -0.05) is 11.6 Å². The van der Waals surface area contributed by atoms with Crippen LogP contribution in [0.5, 0.6) is 5.75 Å². The van der Waals surface area contributed by atoms with E-state index in [0.29, 0.717) is 5.92 Å². The van der Waals surface area contributed by atoms with Crippen molar-refractivity contribution in [1.29, 1.82) is 0 Å². The lowest BCUT2D eigenvalue weighted by atomic mass is 9.90. The molecule has 24 heavy (non-hydrogen) atoms. The van der Waals surface area contributed by atoms with Crippen molar-refractivity contribution in [2.24, 2.45) is 5.92 Å². The van der Waals surface area contributed by atoms with Gasteiger partial charge in [-0.05, 0) is 68.3 Å². The van der Waals surface area contributed by atoms with E-state index in [-0.39, 0.29) is 24.4 Å². The Hall–Kier alpha value is -0.970. The van der Waals surface area contributed by atoms with Crippen LogP contribution < -0.4 is 10.1 Å². The molecule has 1 aromatic carbocycles. The molecule has 3 rings (SSSR count). The summed E-state index contributed by atoms with van der Waals surface area (Å²) in [7, 11) is 1.69. The van der Waals surface area contributed by atoms with Gasteiger partial charge in [0.2, 0.25) is 5.91 Å². The molecule has 134 valence electrons. The Labute approximate surface area is 155 Å². The zero-order valence-electron chi connectivity index (χ0n) is 14.1. The standard InChI is InChI=1S/C18H25ClN2O2.ClH/c1-23-17-7-6-15(19)11-14(17)10-13-4-3-9-21(12-13)18(22)16-5-2-8-20-16;/h6-7,11,13,16,20H,2-5,8-10,12H2,1H3;1H. The second-order valence-corrected chi connectivity index (χ2v) is 7.04. The number of methoxy groups -OCH3 is 1. The van der Waals surface area contributed by atoms with Crippen molar-refractivity contribution in [3.63, 3.8) is 0 Å². The van der Waals surface area contributed by atoms with E-state index in [9.17, 15) is 4.79 Å². The van der Waals surface area contributed by atoms with Gasteiger partial charge in [-0.2, -0.15) is 0 Å². The zero-order chi connectivity index (χ0) is 16.2. The smallest absolute Gasteiger partial charge is 0.239 e. The number of carbonyl (C=O) groups is 1. The van der Waals surface area contributed by atoms with E-state index in [1.54, 1.807) is 7.11 Å². The molecule has 2 saturated heterocycles. The molecule has 2 atom stereocenters. The summed E-state index contributed by atoms with van der Waals surface area (Å²) in [5.41, 5.74) is 1.14. The lowest BCUT2D eigenvalue weighted by Crippen LogP contribution is -2.48. The molecule has 0 aliphatic carbocycles. The number of likely N-dealkylation sites (tertiary alicyclic amines) is 1. The predicted molar refractivity (Wildman–Crippen MR) is 99.3 cm³/mol. The number of nitrogens with one attached hydrogen (secondary N) is 1. The Kier molecular flexibility index (Phi) is 7.20. The van der Waals surface area contributed by atoms with Crippen LogP contribution in [0.15, 0.2) is 18.2 Å². The van der Waals surface area contributed by atoms with Crippen molar-refractivity contribution >= 4 is 29.9 Å². The summed E-state index contributed by atoms with van der Waals surface area (Å²) < 4.78 is 5.45. The quantitative estimate of drug-likeness (QED) is 0.881. The Morgan fingerprint density at radius 1 is 1.38 bits per heavy atom. The van der Waals surface area contributed by atoms with Crippen LogP contribution >= 0.6 is 24.0 Å². The van der Waals surface area contributed by atoms with Crippen LogP contribution in [0.25, 0.3) is 0 Å². The summed E-state index contributed by atoms with van der Waals surface area (Å²) in [4.78, 5) is 14.6. The van der Waals surface area contributed by atoms with Gasteiger partial charge in [0.05, 0.1) is 13.2 Å². The molecule has 0 bridgehead atoms. The molecule has 0 aromatic heterocycles. The summed E-state index contributed by atoms with van der Waals surface area (Å²) in [6.45, 7) is 2.69. The summed E-state index contributed by atoms with van der Waals surface area (Å²) in [5, 5.41) is 4.05. The number of carbonyl (C=O) groups excluding carboxylic acids is 1. The molecule has 6 heteroatoms. The van der Waals surface area contributed by atoms with E-state index in [0.717, 1.165) is 68.1 Å². The van der Waals surface area contributed by atoms with Crippen LogP contribution in [-0.4, -0.2) is 43.6 Å². The first-order chi connectivity index (χ1) is 11.2. The highest BCUT2D eigenvalue weighted by molar-refractivity contribution is 6.30. The van der Waals surface area contributed by atoms with Crippen molar-refractivity contribution < 1.29 is 9.53 Å². The molecule has 4 nitrogen and oxygen atoms in total. The van der Waals surface area contributed by atoms with E-state index in [4.69, 9.17) is 16.3 Å². The monoisotopic (exact) mass is 372 g/mol. The number of nitrogens with zero attached hydrogens (tertiary/aromatic N) is 1. The van der Waals surface area contributed by atoms with Crippen LogP contribution in [0.4, 0.5) is 0 Å². The SMILES string of the molecule is COc1ccc(Cl)cc1CC1CCCN(C(=O)C2CCCN2)C1.Cl. The molecule has 0 saturated carbocycles. The lowest BCUT2D eigenvalue weighted by molar-refractivity contribution is -0.134. The topological polar surface area (TPSA) is 41.6 Å². The second kappa shape index (κ2) is 8.93. The second-order valence-electron chi connectivity index (χ2n) is 6.60. The fourth-order valence-electron chi connectivity index (χ4n) is 3.77. The first kappa shape index (κ1) is 19.4. The highest BCUT2D eigenvalue weighted by Gasteiger charge is 2.30. The summed E-state index contributed by atoms with van der Waals surface area (Å²) in [6, 6.07) is 5.80. The van der Waals surface area contributed by atoms with Gasteiger partial charge >= 0.3 is 0 Å². The van der Waals surface area contributed by atoms with Gasteiger partial charge in [0.1, 0.15) is 5.75 Å². The Morgan fingerprint density at radius 2 is 2.21 bits per heavy atom. The van der Waals surface area contributed by atoms with E-state index < -0.39 is 0 Å². The Bertz CT molecular complexity index is 562. The molecule has 2 aliphatic heterocycles. The van der Waals surface area contributed by atoms with Crippen LogP contribution in [0, 0.1) is 5.92 Å². The lowest BCUT2D eigenvalue weighted by Gasteiger charge is -2.34. The highest BCUT2D eigenvalue weighted by atomic mass is 35.5. The van der Waals surface area contributed by atoms with Crippen molar-refractivity contribution in [3.8, 4) is 5.75 Å². The minimum Gasteiger partial charge on any atom is -0.496 e. The van der Waals surface area contributed by atoms with Gasteiger partial charge < -0.3 is 15.0 Å². The third kappa shape index (κ3) is 4.56. The molecular weight excluding hydrogens is 347 g/mol. The number of hydrogen-bond donors (Lipinski definition) is 1. The minimum atomic E-state index is 0. The molecule has 2 fully saturated rings. The number of rotatable bonds is 4. The zero-order valence-corrected chi connectivity index (χ0v) is 15.7. The Morgan fingerprint density at radius 3 is 2.92 bits per heavy atom. The van der Waals surface area contributed by atoms with Gasteiger partial charge in [0, 0.05) is 18.1 Å². The average molecular weight is 373 g/mol. The molecule has 0 radical (unpaired) electrons. The van der Waals surface area contributed by atoms with Gasteiger partial charge in [-0.3, -0.25) is 4.79 Å². The predicted octanol–water partition coefficient (Wildman–Crippen LogP) is 3.30. The number of benzene rings is 1. The normalized spacial score (nSPS) is 23.7. The number of piperidine rings is 1. The van der Waals surface area contributed by atoms with Crippen molar-refractivity contribution in [1.82, 2.24) is 10.2 Å². The molecule has 0 spiro atoms. The van der Waals surface area contributed by atoms with E-state index >= 15 is 0 Å². The van der Waals surface area contributed by atoms with E-state index in [1.165, 1.54) is 0 Å². The first-order valence-corrected chi connectivity index (χ1v) is 8.89. The minimum absolute atomic E-state index is 0. The van der Waals surface area contributed by atoms with Crippen LogP contribution in [0.2, 0.25) is 5.02 Å². The van der Waals surface area contributed by atoms with Gasteiger partial charge in [0.15, 0.2) is 0 Å². The molecule has 2 unspecified atom stereocenters. The maximum Gasteiger partial charge on any atom is 0.239 e. The highest BCUT2D eigenvalue weighted by Crippen LogP contribution is 2.29. The summed E-state index contributed by atoms with van der Waals surface area (Å²) >= 11 is 6.13. The molecule has 1 N–H and O–H groups in total. The van der Waals surface area contributed by atoms with Gasteiger partial charge in [0.25, 0.3) is 0 Å². The Balaban J connectivity index is 0.00000208. The molecule has 2 heterocycles. The van der Waals surface area contributed by atoms with Crippen molar-refractivity contribution in [2.45, 2.75) is 38.1 Å². The average Bonchev–Trinajstić information content (AvgIpc) is 3.09. The number of halogens is 2. The van der Waals surface area contributed by atoms with Crippen molar-refractivity contribution in [2.75, 3.05) is 26.7 Å². The maximum atomic E-state index is 12.6. The van der Waals surface area contributed by atoms with Crippen LogP contribution in [-0.2, 0) is 11.2 Å². The maximum absolute atomic E-state index is 12.6.